The number of carbonyl (C=O) groups excluding carboxylic acids is 2. The number of carbonyl (C=O) groups is 2. The number of rotatable bonds is 3. The van der Waals surface area contributed by atoms with E-state index in [9.17, 15) is 9.59 Å². The second-order valence-electron chi connectivity index (χ2n) is 3.00. The second kappa shape index (κ2) is 5.21. The Bertz CT molecular complexity index is 292. The quantitative estimate of drug-likeness (QED) is 0.670. The molecule has 0 saturated carbocycles. The molecule has 1 rings (SSSR count). The van der Waals surface area contributed by atoms with E-state index in [1.165, 1.54) is 7.05 Å². The lowest BCUT2D eigenvalue weighted by molar-refractivity contribution is -0.123. The molecular formula is C10H14N2O2. The molecule has 1 aliphatic rings. The number of hydrogen-bond donors (Lipinski definition) is 2. The van der Waals surface area contributed by atoms with E-state index in [1.807, 2.05) is 12.2 Å². The van der Waals surface area contributed by atoms with Crippen molar-refractivity contribution < 1.29 is 9.59 Å². The zero-order valence-electron chi connectivity index (χ0n) is 8.17. The third-order valence-corrected chi connectivity index (χ3v) is 1.95. The van der Waals surface area contributed by atoms with Gasteiger partial charge < -0.3 is 10.6 Å². The highest BCUT2D eigenvalue weighted by Gasteiger charge is 2.08. The lowest BCUT2D eigenvalue weighted by Gasteiger charge is -2.07. The molecule has 0 bridgehead atoms. The van der Waals surface area contributed by atoms with Gasteiger partial charge in [0.15, 0.2) is 0 Å². The predicted molar refractivity (Wildman–Crippen MR) is 53.5 cm³/mol. The van der Waals surface area contributed by atoms with Gasteiger partial charge in [-0.3, -0.25) is 9.59 Å². The Morgan fingerprint density at radius 3 is 2.79 bits per heavy atom. The zero-order valence-corrected chi connectivity index (χ0v) is 8.17. The summed E-state index contributed by atoms with van der Waals surface area (Å²) in [5.74, 6) is -0.386. The summed E-state index contributed by atoms with van der Waals surface area (Å²) >= 11 is 0. The van der Waals surface area contributed by atoms with Gasteiger partial charge in [-0.25, -0.2) is 0 Å². The normalized spacial score (nSPS) is 14.5. The van der Waals surface area contributed by atoms with E-state index in [0.717, 1.165) is 12.8 Å². The molecule has 4 heteroatoms. The summed E-state index contributed by atoms with van der Waals surface area (Å²) in [7, 11) is 1.54. The first-order valence-electron chi connectivity index (χ1n) is 4.59. The van der Waals surface area contributed by atoms with Gasteiger partial charge in [-0.2, -0.15) is 0 Å². The van der Waals surface area contributed by atoms with Crippen molar-refractivity contribution in [1.82, 2.24) is 10.6 Å². The summed E-state index contributed by atoms with van der Waals surface area (Å²) in [4.78, 5) is 22.2. The van der Waals surface area contributed by atoms with E-state index in [-0.39, 0.29) is 18.4 Å². The molecule has 0 atom stereocenters. The van der Waals surface area contributed by atoms with Crippen molar-refractivity contribution in [3.63, 3.8) is 0 Å². The van der Waals surface area contributed by atoms with Gasteiger partial charge in [-0.15, -0.1) is 0 Å². The molecule has 0 radical (unpaired) electrons. The number of hydrogen-bond acceptors (Lipinski definition) is 2. The van der Waals surface area contributed by atoms with Gasteiger partial charge in [-0.1, -0.05) is 18.2 Å². The summed E-state index contributed by atoms with van der Waals surface area (Å²) in [5, 5.41) is 4.96. The Labute approximate surface area is 83.1 Å². The summed E-state index contributed by atoms with van der Waals surface area (Å²) in [6, 6.07) is 0. The molecule has 2 N–H and O–H groups in total. The van der Waals surface area contributed by atoms with Crippen molar-refractivity contribution in [2.75, 3.05) is 13.6 Å². The van der Waals surface area contributed by atoms with Crippen molar-refractivity contribution in [1.29, 1.82) is 0 Å². The summed E-state index contributed by atoms with van der Waals surface area (Å²) < 4.78 is 0. The van der Waals surface area contributed by atoms with E-state index < -0.39 is 0 Å². The third-order valence-electron chi connectivity index (χ3n) is 1.95. The predicted octanol–water partition coefficient (Wildman–Crippen LogP) is 0.125. The largest absolute Gasteiger partial charge is 0.358 e. The monoisotopic (exact) mass is 194 g/mol. The minimum Gasteiger partial charge on any atom is -0.358 e. The van der Waals surface area contributed by atoms with Crippen LogP contribution in [0.15, 0.2) is 23.8 Å². The summed E-state index contributed by atoms with van der Waals surface area (Å²) in [5.41, 5.74) is 0.639. The molecule has 76 valence electrons. The van der Waals surface area contributed by atoms with E-state index in [0.29, 0.717) is 5.57 Å². The van der Waals surface area contributed by atoms with E-state index in [4.69, 9.17) is 0 Å². The molecular weight excluding hydrogens is 180 g/mol. The van der Waals surface area contributed by atoms with Crippen LogP contribution in [-0.4, -0.2) is 25.4 Å². The van der Waals surface area contributed by atoms with Gasteiger partial charge in [0.2, 0.25) is 5.91 Å². The van der Waals surface area contributed by atoms with Crippen molar-refractivity contribution in [3.05, 3.63) is 23.8 Å². The number of likely N-dealkylation sites (N-methyl/N-ethyl adjacent to an activating group) is 1. The first kappa shape index (κ1) is 10.5. The molecule has 14 heavy (non-hydrogen) atoms. The highest BCUT2D eigenvalue weighted by atomic mass is 16.2. The Morgan fingerprint density at radius 2 is 2.21 bits per heavy atom. The Morgan fingerprint density at radius 1 is 1.43 bits per heavy atom. The Hall–Kier alpha value is -1.58. The number of nitrogens with one attached hydrogen (secondary N) is 2. The molecule has 0 spiro atoms. The fourth-order valence-corrected chi connectivity index (χ4v) is 1.13. The maximum atomic E-state index is 11.4. The van der Waals surface area contributed by atoms with Gasteiger partial charge in [0.05, 0.1) is 6.54 Å². The molecule has 0 aromatic heterocycles. The molecule has 0 aromatic carbocycles. The molecule has 0 saturated heterocycles. The van der Waals surface area contributed by atoms with E-state index >= 15 is 0 Å². The SMILES string of the molecule is CNC(=O)CNC(=O)C1=CCCC=C1. The number of allylic oxidation sites excluding steroid dienone is 2. The Balaban J connectivity index is 2.38. The van der Waals surface area contributed by atoms with E-state index in [1.54, 1.807) is 6.08 Å². The molecule has 0 heterocycles. The van der Waals surface area contributed by atoms with Crippen molar-refractivity contribution in [3.8, 4) is 0 Å². The van der Waals surface area contributed by atoms with Crippen LogP contribution in [0.5, 0.6) is 0 Å². The zero-order chi connectivity index (χ0) is 10.4. The summed E-state index contributed by atoms with van der Waals surface area (Å²) in [6.07, 6.45) is 7.47. The van der Waals surface area contributed by atoms with Crippen LogP contribution in [0, 0.1) is 0 Å². The van der Waals surface area contributed by atoms with E-state index in [2.05, 4.69) is 10.6 Å². The maximum Gasteiger partial charge on any atom is 0.251 e. The Kier molecular flexibility index (Phi) is 3.91. The smallest absolute Gasteiger partial charge is 0.251 e. The van der Waals surface area contributed by atoms with Crippen LogP contribution in [0.25, 0.3) is 0 Å². The highest BCUT2D eigenvalue weighted by Crippen LogP contribution is 2.08. The average molecular weight is 194 g/mol. The molecule has 1 aliphatic carbocycles. The molecule has 0 aliphatic heterocycles. The van der Waals surface area contributed by atoms with Crippen LogP contribution >= 0.6 is 0 Å². The minimum atomic E-state index is -0.196. The van der Waals surface area contributed by atoms with Crippen LogP contribution in [0.2, 0.25) is 0 Å². The fourth-order valence-electron chi connectivity index (χ4n) is 1.13. The van der Waals surface area contributed by atoms with Crippen LogP contribution in [0.4, 0.5) is 0 Å². The highest BCUT2D eigenvalue weighted by molar-refractivity contribution is 5.98. The van der Waals surface area contributed by atoms with Gasteiger partial charge in [0.1, 0.15) is 0 Å². The molecule has 4 nitrogen and oxygen atoms in total. The van der Waals surface area contributed by atoms with Crippen molar-refractivity contribution >= 4 is 11.8 Å². The maximum absolute atomic E-state index is 11.4. The van der Waals surface area contributed by atoms with Crippen LogP contribution < -0.4 is 10.6 Å². The van der Waals surface area contributed by atoms with Gasteiger partial charge in [0.25, 0.3) is 5.91 Å². The summed E-state index contributed by atoms with van der Waals surface area (Å²) in [6.45, 7) is 0.0283. The average Bonchev–Trinajstić information content (AvgIpc) is 2.26. The lowest BCUT2D eigenvalue weighted by Crippen LogP contribution is -2.35. The second-order valence-corrected chi connectivity index (χ2v) is 3.00. The molecule has 0 fully saturated rings. The van der Waals surface area contributed by atoms with Crippen LogP contribution in [0.1, 0.15) is 12.8 Å². The van der Waals surface area contributed by atoms with Gasteiger partial charge in [-0.05, 0) is 12.8 Å². The fraction of sp³-hybridized carbons (Fsp3) is 0.400. The standard InChI is InChI=1S/C10H14N2O2/c1-11-9(13)7-12-10(14)8-5-3-2-4-6-8/h3,5-6H,2,4,7H2,1H3,(H,11,13)(H,12,14). The first-order valence-corrected chi connectivity index (χ1v) is 4.59. The molecule has 0 aromatic rings. The van der Waals surface area contributed by atoms with Gasteiger partial charge >= 0.3 is 0 Å². The third kappa shape index (κ3) is 3.05. The lowest BCUT2D eigenvalue weighted by atomic mass is 10.1. The van der Waals surface area contributed by atoms with Crippen LogP contribution in [-0.2, 0) is 9.59 Å². The molecule has 0 unspecified atom stereocenters. The van der Waals surface area contributed by atoms with Crippen LogP contribution in [0.3, 0.4) is 0 Å². The van der Waals surface area contributed by atoms with Gasteiger partial charge in [0, 0.05) is 12.6 Å². The van der Waals surface area contributed by atoms with Crippen molar-refractivity contribution in [2.45, 2.75) is 12.8 Å². The van der Waals surface area contributed by atoms with Crippen molar-refractivity contribution in [2.24, 2.45) is 0 Å². The first-order chi connectivity index (χ1) is 6.74. The minimum absolute atomic E-state index is 0.0283. The topological polar surface area (TPSA) is 58.2 Å². The molecule has 2 amide bonds. The number of amides is 2.